The van der Waals surface area contributed by atoms with E-state index >= 15 is 0 Å². The number of anilines is 1. The van der Waals surface area contributed by atoms with Gasteiger partial charge in [0.2, 0.25) is 0 Å². The molecule has 0 unspecified atom stereocenters. The van der Waals surface area contributed by atoms with E-state index in [1.165, 1.54) is 33.5 Å². The van der Waals surface area contributed by atoms with Crippen molar-refractivity contribution in [1.29, 1.82) is 0 Å². The fraction of sp³-hybridized carbons (Fsp3) is 0.0455. The van der Waals surface area contributed by atoms with Crippen LogP contribution >= 0.6 is 0 Å². The van der Waals surface area contributed by atoms with E-state index in [0.29, 0.717) is 0 Å². The second-order valence-electron chi connectivity index (χ2n) is 12.5. The number of fused-ring (bicyclic) bond motifs is 9. The first-order valence-corrected chi connectivity index (χ1v) is 16.2. The Hall–Kier alpha value is -6.06. The molecule has 7 aromatic carbocycles. The SMILES string of the molecule is c1ccc(N2Cc3cc(-c4cccc5c4oc4ccccc45)ccc3-c3cc(-c4ccc5c(c4)oc4ccccc45)ccc3C2)cc1. The molecule has 0 bridgehead atoms. The molecule has 0 radical (unpaired) electrons. The Morgan fingerprint density at radius 2 is 1.04 bits per heavy atom. The molecule has 0 saturated carbocycles. The van der Waals surface area contributed by atoms with Gasteiger partial charge in [-0.15, -0.1) is 0 Å². The van der Waals surface area contributed by atoms with Crippen molar-refractivity contribution in [3.05, 3.63) is 163 Å². The number of nitrogens with zero attached hydrogens (tertiary/aromatic N) is 1. The van der Waals surface area contributed by atoms with Crippen molar-refractivity contribution in [3.8, 4) is 33.4 Å². The molecular formula is C44H29NO2. The normalized spacial score (nSPS) is 12.9. The van der Waals surface area contributed by atoms with Crippen LogP contribution in [0.3, 0.4) is 0 Å². The van der Waals surface area contributed by atoms with Gasteiger partial charge in [-0.2, -0.15) is 0 Å². The Balaban J connectivity index is 1.13. The maximum absolute atomic E-state index is 6.45. The highest BCUT2D eigenvalue weighted by Crippen LogP contribution is 2.42. The summed E-state index contributed by atoms with van der Waals surface area (Å²) in [4.78, 5) is 2.48. The Bertz CT molecular complexity index is 2640. The van der Waals surface area contributed by atoms with Crippen molar-refractivity contribution in [3.63, 3.8) is 0 Å². The van der Waals surface area contributed by atoms with Gasteiger partial charge in [0, 0.05) is 45.9 Å². The van der Waals surface area contributed by atoms with Gasteiger partial charge in [-0.1, -0.05) is 103 Å². The van der Waals surface area contributed by atoms with E-state index in [-0.39, 0.29) is 0 Å². The van der Waals surface area contributed by atoms with Gasteiger partial charge in [0.1, 0.15) is 22.3 Å². The number of benzene rings is 7. The highest BCUT2D eigenvalue weighted by molar-refractivity contribution is 6.10. The number of para-hydroxylation sites is 4. The molecule has 0 atom stereocenters. The first-order chi connectivity index (χ1) is 23.3. The molecule has 0 amide bonds. The zero-order valence-corrected chi connectivity index (χ0v) is 25.6. The summed E-state index contributed by atoms with van der Waals surface area (Å²) in [5.74, 6) is 0. The molecule has 0 aliphatic carbocycles. The van der Waals surface area contributed by atoms with Crippen LogP contribution in [0.15, 0.2) is 160 Å². The molecule has 1 aliphatic heterocycles. The summed E-state index contributed by atoms with van der Waals surface area (Å²) in [6.45, 7) is 1.63. The van der Waals surface area contributed by atoms with E-state index in [1.54, 1.807) is 0 Å². The Morgan fingerprint density at radius 1 is 0.383 bits per heavy atom. The van der Waals surface area contributed by atoms with Crippen LogP contribution in [0.5, 0.6) is 0 Å². The Kier molecular flexibility index (Phi) is 5.70. The number of hydrogen-bond donors (Lipinski definition) is 0. The monoisotopic (exact) mass is 603 g/mol. The highest BCUT2D eigenvalue weighted by atomic mass is 16.3. The summed E-state index contributed by atoms with van der Waals surface area (Å²) in [6, 6.07) is 54.2. The summed E-state index contributed by atoms with van der Waals surface area (Å²) < 4.78 is 12.7. The van der Waals surface area contributed by atoms with Crippen molar-refractivity contribution in [2.45, 2.75) is 13.1 Å². The molecule has 3 heteroatoms. The van der Waals surface area contributed by atoms with E-state index in [4.69, 9.17) is 8.83 Å². The van der Waals surface area contributed by atoms with Gasteiger partial charge >= 0.3 is 0 Å². The average molecular weight is 604 g/mol. The lowest BCUT2D eigenvalue weighted by atomic mass is 9.90. The molecule has 3 nitrogen and oxygen atoms in total. The number of hydrogen-bond acceptors (Lipinski definition) is 3. The predicted molar refractivity (Wildman–Crippen MR) is 194 cm³/mol. The summed E-state index contributed by atoms with van der Waals surface area (Å²) in [7, 11) is 0. The lowest BCUT2D eigenvalue weighted by Gasteiger charge is -2.24. The number of furan rings is 2. The topological polar surface area (TPSA) is 29.5 Å². The molecule has 47 heavy (non-hydrogen) atoms. The van der Waals surface area contributed by atoms with Gasteiger partial charge in [0.05, 0.1) is 0 Å². The minimum atomic E-state index is 0.804. The minimum Gasteiger partial charge on any atom is -0.456 e. The zero-order valence-electron chi connectivity index (χ0n) is 25.6. The Morgan fingerprint density at radius 3 is 1.91 bits per heavy atom. The maximum Gasteiger partial charge on any atom is 0.143 e. The third kappa shape index (κ3) is 4.20. The fourth-order valence-corrected chi connectivity index (χ4v) is 7.47. The molecule has 0 N–H and O–H groups in total. The van der Waals surface area contributed by atoms with Crippen molar-refractivity contribution < 1.29 is 8.83 Å². The van der Waals surface area contributed by atoms with Crippen LogP contribution in [-0.2, 0) is 13.1 Å². The van der Waals surface area contributed by atoms with Gasteiger partial charge in [-0.25, -0.2) is 0 Å². The summed E-state index contributed by atoms with van der Waals surface area (Å²) >= 11 is 0. The summed E-state index contributed by atoms with van der Waals surface area (Å²) in [5.41, 5.74) is 14.7. The fourth-order valence-electron chi connectivity index (χ4n) is 7.47. The van der Waals surface area contributed by atoms with Gasteiger partial charge in [-0.3, -0.25) is 0 Å². The van der Waals surface area contributed by atoms with E-state index < -0.39 is 0 Å². The van der Waals surface area contributed by atoms with Crippen LogP contribution in [0.25, 0.3) is 77.3 Å². The van der Waals surface area contributed by atoms with E-state index in [1.807, 2.05) is 24.3 Å². The van der Waals surface area contributed by atoms with Crippen molar-refractivity contribution in [1.82, 2.24) is 0 Å². The van der Waals surface area contributed by atoms with Gasteiger partial charge in [0.25, 0.3) is 0 Å². The predicted octanol–water partition coefficient (Wildman–Crippen LogP) is 12.0. The third-order valence-corrected chi connectivity index (χ3v) is 9.78. The lowest BCUT2D eigenvalue weighted by molar-refractivity contribution is 0.669. The third-order valence-electron chi connectivity index (χ3n) is 9.78. The van der Waals surface area contributed by atoms with E-state index in [2.05, 4.69) is 132 Å². The largest absolute Gasteiger partial charge is 0.456 e. The van der Waals surface area contributed by atoms with Gasteiger partial charge in [-0.05, 0) is 87.5 Å². The highest BCUT2D eigenvalue weighted by Gasteiger charge is 2.22. The maximum atomic E-state index is 6.45. The van der Waals surface area contributed by atoms with Crippen LogP contribution in [-0.4, -0.2) is 0 Å². The second kappa shape index (κ2) is 10.2. The van der Waals surface area contributed by atoms with Crippen LogP contribution < -0.4 is 4.90 Å². The van der Waals surface area contributed by atoms with Crippen molar-refractivity contribution >= 4 is 49.6 Å². The molecule has 1 aliphatic rings. The second-order valence-corrected chi connectivity index (χ2v) is 12.5. The molecule has 2 aromatic heterocycles. The first-order valence-electron chi connectivity index (χ1n) is 16.2. The average Bonchev–Trinajstić information content (AvgIpc) is 3.65. The molecule has 0 fully saturated rings. The summed E-state index contributed by atoms with van der Waals surface area (Å²) in [5, 5.41) is 4.60. The Labute approximate surface area is 271 Å². The number of rotatable bonds is 3. The molecule has 3 heterocycles. The van der Waals surface area contributed by atoms with E-state index in [9.17, 15) is 0 Å². The minimum absolute atomic E-state index is 0.804. The molecule has 0 spiro atoms. The van der Waals surface area contributed by atoms with E-state index in [0.717, 1.165) is 73.7 Å². The first kappa shape index (κ1) is 26.2. The van der Waals surface area contributed by atoms with Crippen molar-refractivity contribution in [2.24, 2.45) is 0 Å². The van der Waals surface area contributed by atoms with Crippen molar-refractivity contribution in [2.75, 3.05) is 4.90 Å². The molecule has 222 valence electrons. The standard InChI is InChI=1S/C44H29NO2/c1-2-9-33(10-3-1)45-26-31-18-17-28(29-19-22-38-36-11-4-6-15-41(36)46-43(38)25-29)24-40(31)34-21-20-30(23-32(34)27-45)35-13-8-14-39-37-12-5-7-16-42(37)47-44(35)39/h1-25H,26-27H2. The smallest absolute Gasteiger partial charge is 0.143 e. The van der Waals surface area contributed by atoms with Crippen LogP contribution in [0.2, 0.25) is 0 Å². The van der Waals surface area contributed by atoms with Gasteiger partial charge in [0.15, 0.2) is 0 Å². The van der Waals surface area contributed by atoms with Crippen LogP contribution in [0.1, 0.15) is 11.1 Å². The quantitative estimate of drug-likeness (QED) is 0.201. The lowest BCUT2D eigenvalue weighted by Crippen LogP contribution is -2.20. The van der Waals surface area contributed by atoms with Crippen LogP contribution in [0, 0.1) is 0 Å². The molecule has 0 saturated heterocycles. The molecule has 9 aromatic rings. The summed E-state index contributed by atoms with van der Waals surface area (Å²) in [6.07, 6.45) is 0. The molecule has 10 rings (SSSR count). The zero-order chi connectivity index (χ0) is 30.9. The molecular weight excluding hydrogens is 574 g/mol. The van der Waals surface area contributed by atoms with Gasteiger partial charge < -0.3 is 13.7 Å². The van der Waals surface area contributed by atoms with Crippen LogP contribution in [0.4, 0.5) is 5.69 Å².